The van der Waals surface area contributed by atoms with Crippen LogP contribution < -0.4 is 10.1 Å². The van der Waals surface area contributed by atoms with E-state index < -0.39 is 30.2 Å². The number of ether oxygens (including phenoxy) is 1. The number of nitrogens with zero attached hydrogens (tertiary/aromatic N) is 1. The molecule has 2 amide bonds. The van der Waals surface area contributed by atoms with Crippen molar-refractivity contribution in [3.63, 3.8) is 0 Å². The molecule has 0 aliphatic carbocycles. The third-order valence-corrected chi connectivity index (χ3v) is 4.31. The largest absolute Gasteiger partial charge is 0.481 e. The highest BCUT2D eigenvalue weighted by Crippen LogP contribution is 2.16. The highest BCUT2D eigenvalue weighted by atomic mass is 19.1. The van der Waals surface area contributed by atoms with Crippen molar-refractivity contribution in [1.29, 1.82) is 0 Å². The fourth-order valence-corrected chi connectivity index (χ4v) is 2.61. The highest BCUT2D eigenvalue weighted by Gasteiger charge is 2.26. The van der Waals surface area contributed by atoms with Gasteiger partial charge in [0, 0.05) is 13.1 Å². The molecule has 2 rings (SSSR count). The lowest BCUT2D eigenvalue weighted by Crippen LogP contribution is -2.49. The number of halogens is 2. The van der Waals surface area contributed by atoms with E-state index >= 15 is 0 Å². The molecule has 29 heavy (non-hydrogen) atoms. The van der Waals surface area contributed by atoms with E-state index in [0.717, 1.165) is 0 Å². The Hall–Kier alpha value is -2.96. The summed E-state index contributed by atoms with van der Waals surface area (Å²) in [5.41, 5.74) is 0.661. The van der Waals surface area contributed by atoms with Crippen molar-refractivity contribution in [2.45, 2.75) is 33.4 Å². The molecule has 7 heteroatoms. The van der Waals surface area contributed by atoms with Gasteiger partial charge in [0.25, 0.3) is 5.91 Å². The molecule has 0 spiro atoms. The Morgan fingerprint density at radius 2 is 1.69 bits per heavy atom. The molecular weight excluding hydrogens is 378 g/mol. The van der Waals surface area contributed by atoms with Crippen LogP contribution in [0.15, 0.2) is 48.5 Å². The van der Waals surface area contributed by atoms with E-state index in [1.165, 1.54) is 35.2 Å². The Bertz CT molecular complexity index is 825. The predicted octanol–water partition coefficient (Wildman–Crippen LogP) is 3.53. The number of para-hydroxylation sites is 1. The molecule has 2 aromatic carbocycles. The Kier molecular flexibility index (Phi) is 8.12. The molecular formula is C22H26F2N2O3. The Balaban J connectivity index is 2.13. The molecule has 0 aliphatic rings. The third-order valence-electron chi connectivity index (χ3n) is 4.31. The Labute approximate surface area is 169 Å². The second-order valence-corrected chi connectivity index (χ2v) is 7.18. The SMILES string of the molecule is CC(C)CNC(=O)[C@H](C)N(Cc1ccc(F)cc1)C(=O)COc1ccccc1F. The van der Waals surface area contributed by atoms with Crippen LogP contribution in [0, 0.1) is 17.6 Å². The van der Waals surface area contributed by atoms with E-state index in [9.17, 15) is 18.4 Å². The number of hydrogen-bond donors (Lipinski definition) is 1. The summed E-state index contributed by atoms with van der Waals surface area (Å²) in [5.74, 6) is -1.54. The first-order valence-corrected chi connectivity index (χ1v) is 9.47. The van der Waals surface area contributed by atoms with Gasteiger partial charge >= 0.3 is 0 Å². The number of carbonyl (C=O) groups excluding carboxylic acids is 2. The lowest BCUT2D eigenvalue weighted by Gasteiger charge is -2.29. The second kappa shape index (κ2) is 10.5. The van der Waals surface area contributed by atoms with E-state index in [4.69, 9.17) is 4.74 Å². The topological polar surface area (TPSA) is 58.6 Å². The second-order valence-electron chi connectivity index (χ2n) is 7.18. The molecule has 2 aromatic rings. The van der Waals surface area contributed by atoms with Crippen LogP contribution in [0.1, 0.15) is 26.3 Å². The minimum absolute atomic E-state index is 0.0421. The van der Waals surface area contributed by atoms with Crippen molar-refractivity contribution in [2.75, 3.05) is 13.2 Å². The van der Waals surface area contributed by atoms with Crippen LogP contribution in [0.3, 0.4) is 0 Å². The molecule has 1 atom stereocenters. The fourth-order valence-electron chi connectivity index (χ4n) is 2.61. The molecule has 1 N–H and O–H groups in total. The summed E-state index contributed by atoms with van der Waals surface area (Å²) < 4.78 is 32.2. The van der Waals surface area contributed by atoms with E-state index in [1.807, 2.05) is 13.8 Å². The molecule has 0 heterocycles. The van der Waals surface area contributed by atoms with Gasteiger partial charge in [-0.3, -0.25) is 9.59 Å². The summed E-state index contributed by atoms with van der Waals surface area (Å²) in [6.07, 6.45) is 0. The molecule has 0 aliphatic heterocycles. The maximum absolute atomic E-state index is 13.7. The normalized spacial score (nSPS) is 11.8. The van der Waals surface area contributed by atoms with Crippen LogP contribution in [0.4, 0.5) is 8.78 Å². The van der Waals surface area contributed by atoms with Crippen LogP contribution >= 0.6 is 0 Å². The third kappa shape index (κ3) is 6.85. The summed E-state index contributed by atoms with van der Waals surface area (Å²) in [4.78, 5) is 26.6. The zero-order chi connectivity index (χ0) is 21.4. The van der Waals surface area contributed by atoms with Crippen molar-refractivity contribution in [3.8, 4) is 5.75 Å². The monoisotopic (exact) mass is 404 g/mol. The zero-order valence-corrected chi connectivity index (χ0v) is 16.8. The maximum atomic E-state index is 13.7. The van der Waals surface area contributed by atoms with Gasteiger partial charge in [0.1, 0.15) is 11.9 Å². The maximum Gasteiger partial charge on any atom is 0.261 e. The van der Waals surface area contributed by atoms with Gasteiger partial charge in [-0.2, -0.15) is 0 Å². The molecule has 0 radical (unpaired) electrons. The van der Waals surface area contributed by atoms with Crippen molar-refractivity contribution in [3.05, 3.63) is 65.7 Å². The summed E-state index contributed by atoms with van der Waals surface area (Å²) in [7, 11) is 0. The minimum atomic E-state index is -0.782. The summed E-state index contributed by atoms with van der Waals surface area (Å²) >= 11 is 0. The van der Waals surface area contributed by atoms with E-state index in [2.05, 4.69) is 5.32 Å². The molecule has 5 nitrogen and oxygen atoms in total. The van der Waals surface area contributed by atoms with Gasteiger partial charge in [-0.15, -0.1) is 0 Å². The van der Waals surface area contributed by atoms with Gasteiger partial charge in [0.15, 0.2) is 18.2 Å². The fraction of sp³-hybridized carbons (Fsp3) is 0.364. The molecule has 0 bridgehead atoms. The van der Waals surface area contributed by atoms with Crippen LogP contribution in [-0.2, 0) is 16.1 Å². The van der Waals surface area contributed by atoms with Crippen LogP contribution in [0.5, 0.6) is 5.75 Å². The van der Waals surface area contributed by atoms with Crippen LogP contribution in [-0.4, -0.2) is 35.9 Å². The number of benzene rings is 2. The van der Waals surface area contributed by atoms with Crippen molar-refractivity contribution < 1.29 is 23.1 Å². The van der Waals surface area contributed by atoms with Crippen LogP contribution in [0.25, 0.3) is 0 Å². The highest BCUT2D eigenvalue weighted by molar-refractivity contribution is 5.87. The first-order chi connectivity index (χ1) is 13.8. The number of carbonyl (C=O) groups is 2. The first-order valence-electron chi connectivity index (χ1n) is 9.47. The molecule has 156 valence electrons. The summed E-state index contributed by atoms with van der Waals surface area (Å²) in [5, 5.41) is 2.80. The molecule has 0 unspecified atom stereocenters. The number of nitrogens with one attached hydrogen (secondary N) is 1. The van der Waals surface area contributed by atoms with E-state index in [-0.39, 0.29) is 24.1 Å². The smallest absolute Gasteiger partial charge is 0.261 e. The van der Waals surface area contributed by atoms with Crippen molar-refractivity contribution in [1.82, 2.24) is 10.2 Å². The average Bonchev–Trinajstić information content (AvgIpc) is 2.70. The van der Waals surface area contributed by atoms with E-state index in [1.54, 1.807) is 25.1 Å². The van der Waals surface area contributed by atoms with E-state index in [0.29, 0.717) is 12.1 Å². The molecule has 0 fully saturated rings. The predicted molar refractivity (Wildman–Crippen MR) is 106 cm³/mol. The summed E-state index contributed by atoms with van der Waals surface area (Å²) in [6, 6.07) is 10.7. The number of rotatable bonds is 9. The zero-order valence-electron chi connectivity index (χ0n) is 16.8. The lowest BCUT2D eigenvalue weighted by molar-refractivity contribution is -0.142. The first kappa shape index (κ1) is 22.3. The standard InChI is InChI=1S/C22H26F2N2O3/c1-15(2)12-25-22(28)16(3)26(13-17-8-10-18(23)11-9-17)21(27)14-29-20-7-5-4-6-19(20)24/h4-11,15-16H,12-14H2,1-3H3,(H,25,28)/t16-/m0/s1. The Morgan fingerprint density at radius 1 is 1.03 bits per heavy atom. The van der Waals surface area contributed by atoms with Gasteiger partial charge in [0.2, 0.25) is 5.91 Å². The Morgan fingerprint density at radius 3 is 2.31 bits per heavy atom. The van der Waals surface area contributed by atoms with Crippen molar-refractivity contribution >= 4 is 11.8 Å². The lowest BCUT2D eigenvalue weighted by atomic mass is 10.1. The van der Waals surface area contributed by atoms with Gasteiger partial charge in [-0.05, 0) is 42.7 Å². The summed E-state index contributed by atoms with van der Waals surface area (Å²) in [6.45, 7) is 5.69. The van der Waals surface area contributed by atoms with Gasteiger partial charge in [0.05, 0.1) is 0 Å². The average molecular weight is 404 g/mol. The molecule has 0 saturated carbocycles. The quantitative estimate of drug-likeness (QED) is 0.696. The number of amides is 2. The van der Waals surface area contributed by atoms with Gasteiger partial charge in [-0.25, -0.2) is 8.78 Å². The minimum Gasteiger partial charge on any atom is -0.481 e. The molecule has 0 saturated heterocycles. The van der Waals surface area contributed by atoms with Crippen LogP contribution in [0.2, 0.25) is 0 Å². The van der Waals surface area contributed by atoms with Gasteiger partial charge in [-0.1, -0.05) is 38.1 Å². The van der Waals surface area contributed by atoms with Gasteiger partial charge < -0.3 is 15.0 Å². The number of hydrogen-bond acceptors (Lipinski definition) is 3. The van der Waals surface area contributed by atoms with Crippen molar-refractivity contribution in [2.24, 2.45) is 5.92 Å². The molecule has 0 aromatic heterocycles.